The largest absolute Gasteiger partial charge is 0.317 e. The highest BCUT2D eigenvalue weighted by Gasteiger charge is 2.39. The molecule has 31 heavy (non-hydrogen) atoms. The van der Waals surface area contributed by atoms with E-state index < -0.39 is 44.3 Å². The van der Waals surface area contributed by atoms with Crippen LogP contribution in [0.3, 0.4) is 0 Å². The van der Waals surface area contributed by atoms with Gasteiger partial charge < -0.3 is 5.32 Å². The number of amides is 1. The van der Waals surface area contributed by atoms with Crippen LogP contribution in [0.2, 0.25) is 0 Å². The van der Waals surface area contributed by atoms with Gasteiger partial charge in [-0.2, -0.15) is 4.31 Å². The quantitative estimate of drug-likeness (QED) is 0.616. The van der Waals surface area contributed by atoms with Gasteiger partial charge in [0.05, 0.1) is 11.7 Å². The van der Waals surface area contributed by atoms with Crippen molar-refractivity contribution in [2.75, 3.05) is 11.9 Å². The lowest BCUT2D eigenvalue weighted by molar-refractivity contribution is 0.102. The topological polar surface area (TPSA) is 92.3 Å². The first kappa shape index (κ1) is 21.4. The second-order valence-corrected chi connectivity index (χ2v) is 9.60. The molecule has 0 spiro atoms. The Morgan fingerprint density at radius 2 is 1.87 bits per heavy atom. The number of hydrogen-bond acceptors (Lipinski definition) is 6. The minimum absolute atomic E-state index is 0.0268. The summed E-state index contributed by atoms with van der Waals surface area (Å²) >= 11 is 0.868. The number of carbonyl (C=O) groups excluding carboxylic acids is 1. The number of hydrogen-bond donors (Lipinski definition) is 1. The highest BCUT2D eigenvalue weighted by atomic mass is 32.2. The van der Waals surface area contributed by atoms with Gasteiger partial charge in [0.2, 0.25) is 15.0 Å². The molecule has 12 heteroatoms. The number of nitrogens with zero attached hydrogens (tertiary/aromatic N) is 3. The van der Waals surface area contributed by atoms with E-state index in [-0.39, 0.29) is 22.2 Å². The van der Waals surface area contributed by atoms with Crippen molar-refractivity contribution in [1.29, 1.82) is 0 Å². The minimum atomic E-state index is -4.27. The van der Waals surface area contributed by atoms with Gasteiger partial charge in [0.25, 0.3) is 5.91 Å². The van der Waals surface area contributed by atoms with Crippen LogP contribution in [0.5, 0.6) is 0 Å². The van der Waals surface area contributed by atoms with Crippen LogP contribution in [-0.2, 0) is 10.0 Å². The van der Waals surface area contributed by atoms with Crippen LogP contribution < -0.4 is 5.32 Å². The van der Waals surface area contributed by atoms with Crippen molar-refractivity contribution < 1.29 is 26.4 Å². The average molecular weight is 468 g/mol. The molecule has 0 unspecified atom stereocenters. The molecule has 1 atom stereocenters. The van der Waals surface area contributed by atoms with E-state index in [0.717, 1.165) is 27.8 Å². The molecule has 1 amide bonds. The Morgan fingerprint density at radius 1 is 1.10 bits per heavy atom. The monoisotopic (exact) mass is 468 g/mol. The van der Waals surface area contributed by atoms with E-state index in [0.29, 0.717) is 18.9 Å². The lowest BCUT2D eigenvalue weighted by Gasteiger charge is -2.22. The van der Waals surface area contributed by atoms with Crippen LogP contribution in [-0.4, -0.2) is 35.4 Å². The van der Waals surface area contributed by atoms with Crippen molar-refractivity contribution >= 4 is 33.0 Å². The summed E-state index contributed by atoms with van der Waals surface area (Å²) in [5.74, 6) is -3.38. The van der Waals surface area contributed by atoms with Gasteiger partial charge in [0, 0.05) is 12.6 Å². The van der Waals surface area contributed by atoms with Crippen molar-refractivity contribution in [3.05, 3.63) is 69.9 Å². The molecule has 0 aliphatic carbocycles. The molecule has 162 valence electrons. The Morgan fingerprint density at radius 3 is 2.61 bits per heavy atom. The Bertz CT molecular complexity index is 1250. The molecule has 1 aliphatic heterocycles. The number of aromatic nitrogens is 2. The molecule has 1 aliphatic rings. The zero-order valence-electron chi connectivity index (χ0n) is 15.8. The molecule has 1 N–H and O–H groups in total. The Balaban J connectivity index is 1.58. The number of nitrogens with one attached hydrogen (secondary N) is 1. The van der Waals surface area contributed by atoms with Gasteiger partial charge in [-0.15, -0.1) is 10.2 Å². The molecule has 0 saturated carbocycles. The van der Waals surface area contributed by atoms with Gasteiger partial charge in [-0.3, -0.25) is 4.79 Å². The van der Waals surface area contributed by atoms with Crippen LogP contribution in [0, 0.1) is 17.5 Å². The van der Waals surface area contributed by atoms with Gasteiger partial charge in [0.1, 0.15) is 27.4 Å². The number of halogens is 3. The summed E-state index contributed by atoms with van der Waals surface area (Å²) in [6.07, 6.45) is 0.884. The summed E-state index contributed by atoms with van der Waals surface area (Å²) in [4.78, 5) is 11.7. The molecule has 0 radical (unpaired) electrons. The third-order valence-electron chi connectivity index (χ3n) is 4.73. The fourth-order valence-corrected chi connectivity index (χ4v) is 5.95. The van der Waals surface area contributed by atoms with E-state index in [1.807, 2.05) is 0 Å². The van der Waals surface area contributed by atoms with Gasteiger partial charge >= 0.3 is 0 Å². The smallest absolute Gasteiger partial charge is 0.286 e. The number of rotatable bonds is 5. The number of sulfonamides is 1. The number of carbonyl (C=O) groups is 1. The second kappa shape index (κ2) is 8.36. The SMILES string of the molecule is O=C(Nc1ccccc1F)c1nnc([C@H]2CCCN2S(=O)(=O)c2ccc(F)cc2F)s1. The molecule has 1 aromatic heterocycles. The fourth-order valence-electron chi connectivity index (χ4n) is 3.28. The highest BCUT2D eigenvalue weighted by Crippen LogP contribution is 2.38. The maximum atomic E-state index is 14.1. The van der Waals surface area contributed by atoms with E-state index in [2.05, 4.69) is 15.5 Å². The van der Waals surface area contributed by atoms with Gasteiger partial charge in [-0.05, 0) is 37.1 Å². The first-order valence-corrected chi connectivity index (χ1v) is 11.4. The van der Waals surface area contributed by atoms with Crippen LogP contribution in [0.15, 0.2) is 47.4 Å². The van der Waals surface area contributed by atoms with Gasteiger partial charge in [-0.1, -0.05) is 23.5 Å². The molecule has 2 heterocycles. The van der Waals surface area contributed by atoms with Crippen molar-refractivity contribution in [1.82, 2.24) is 14.5 Å². The lowest BCUT2D eigenvalue weighted by Crippen LogP contribution is -2.31. The predicted molar refractivity (Wildman–Crippen MR) is 106 cm³/mol. The fraction of sp³-hybridized carbons (Fsp3) is 0.211. The molecule has 1 fully saturated rings. The van der Waals surface area contributed by atoms with Crippen LogP contribution in [0.25, 0.3) is 0 Å². The summed E-state index contributed by atoms with van der Waals surface area (Å²) < 4.78 is 68.1. The van der Waals surface area contributed by atoms with E-state index in [1.165, 1.54) is 18.2 Å². The summed E-state index contributed by atoms with van der Waals surface area (Å²) in [5.41, 5.74) is -0.0268. The molecular weight excluding hydrogens is 453 g/mol. The molecule has 7 nitrogen and oxygen atoms in total. The van der Waals surface area contributed by atoms with E-state index in [9.17, 15) is 26.4 Å². The van der Waals surface area contributed by atoms with Crippen LogP contribution in [0.1, 0.15) is 33.7 Å². The maximum absolute atomic E-state index is 14.1. The zero-order chi connectivity index (χ0) is 22.2. The summed E-state index contributed by atoms with van der Waals surface area (Å²) in [7, 11) is -4.27. The molecule has 2 aromatic carbocycles. The maximum Gasteiger partial charge on any atom is 0.286 e. The minimum Gasteiger partial charge on any atom is -0.317 e. The van der Waals surface area contributed by atoms with E-state index in [1.54, 1.807) is 6.07 Å². The van der Waals surface area contributed by atoms with E-state index >= 15 is 0 Å². The third-order valence-corrected chi connectivity index (χ3v) is 7.69. The van der Waals surface area contributed by atoms with Crippen molar-refractivity contribution in [3.63, 3.8) is 0 Å². The molecule has 0 bridgehead atoms. The summed E-state index contributed by atoms with van der Waals surface area (Å²) in [6.45, 7) is 0.111. The zero-order valence-corrected chi connectivity index (χ0v) is 17.4. The average Bonchev–Trinajstić information content (AvgIpc) is 3.39. The molecule has 3 aromatic rings. The van der Waals surface area contributed by atoms with Crippen molar-refractivity contribution in [3.8, 4) is 0 Å². The third kappa shape index (κ3) is 4.18. The predicted octanol–water partition coefficient (Wildman–Crippen LogP) is 3.73. The Kier molecular flexibility index (Phi) is 5.77. The first-order chi connectivity index (χ1) is 14.8. The van der Waals surface area contributed by atoms with Crippen LogP contribution >= 0.6 is 11.3 Å². The summed E-state index contributed by atoms with van der Waals surface area (Å²) in [5, 5.41) is 10.3. The van der Waals surface area contributed by atoms with Crippen LogP contribution in [0.4, 0.5) is 18.9 Å². The number of anilines is 1. The lowest BCUT2D eigenvalue weighted by atomic mass is 10.2. The molecular formula is C19H15F3N4O3S2. The van der Waals surface area contributed by atoms with Crippen molar-refractivity contribution in [2.45, 2.75) is 23.8 Å². The Labute approximate surface area is 179 Å². The van der Waals surface area contributed by atoms with Gasteiger partial charge in [-0.25, -0.2) is 21.6 Å². The van der Waals surface area contributed by atoms with Gasteiger partial charge in [0.15, 0.2) is 0 Å². The summed E-state index contributed by atoms with van der Waals surface area (Å²) in [6, 6.07) is 7.12. The highest BCUT2D eigenvalue weighted by molar-refractivity contribution is 7.89. The molecule has 1 saturated heterocycles. The molecule has 4 rings (SSSR count). The normalized spacial score (nSPS) is 17.1. The number of benzene rings is 2. The van der Waals surface area contributed by atoms with E-state index in [4.69, 9.17) is 0 Å². The standard InChI is InChI=1S/C19H15F3N4O3S2/c20-11-7-8-16(13(22)10-11)31(28,29)26-9-3-6-15(26)18-24-25-19(30-18)17(27)23-14-5-2-1-4-12(14)21/h1-2,4-5,7-8,10,15H,3,6,9H2,(H,23,27)/t15-/m1/s1. The Hall–Kier alpha value is -2.83. The first-order valence-electron chi connectivity index (χ1n) is 9.13. The van der Waals surface area contributed by atoms with Crippen molar-refractivity contribution in [2.24, 2.45) is 0 Å². The number of para-hydroxylation sites is 1. The second-order valence-electron chi connectivity index (χ2n) is 6.73.